The maximum Gasteiger partial charge on any atom is 0.332 e. The van der Waals surface area contributed by atoms with Crippen molar-refractivity contribution in [1.29, 1.82) is 0 Å². The van der Waals surface area contributed by atoms with Gasteiger partial charge in [0.1, 0.15) is 12.2 Å². The van der Waals surface area contributed by atoms with Crippen molar-refractivity contribution in [3.63, 3.8) is 0 Å². The zero-order valence-corrected chi connectivity index (χ0v) is 14.8. The Hall–Kier alpha value is -2.06. The Bertz CT molecular complexity index is 816. The quantitative estimate of drug-likeness (QED) is 0.852. The number of halogens is 1. The number of hydrogen-bond donors (Lipinski definition) is 1. The van der Waals surface area contributed by atoms with Gasteiger partial charge in [-0.1, -0.05) is 15.9 Å². The number of carbonyl (C=O) groups is 2. The number of amides is 1. The number of furan rings is 1. The van der Waals surface area contributed by atoms with E-state index in [9.17, 15) is 14.7 Å². The number of nitrogens with zero attached hydrogens (tertiary/aromatic N) is 1. The summed E-state index contributed by atoms with van der Waals surface area (Å²) in [5.41, 5.74) is -1.02. The van der Waals surface area contributed by atoms with Crippen LogP contribution in [0.5, 0.6) is 5.75 Å². The molecular formula is C16H16BrNO6. The zero-order chi connectivity index (χ0) is 17.5. The molecule has 1 aliphatic rings. The van der Waals surface area contributed by atoms with Crippen LogP contribution in [0.25, 0.3) is 11.0 Å². The van der Waals surface area contributed by atoms with Crippen LogP contribution in [-0.2, 0) is 9.53 Å². The third kappa shape index (κ3) is 2.55. The molecule has 1 aliphatic heterocycles. The average Bonchev–Trinajstić information content (AvgIpc) is 2.85. The molecule has 1 N–H and O–H groups in total. The van der Waals surface area contributed by atoms with Gasteiger partial charge in [-0.3, -0.25) is 4.79 Å². The number of carboxylic acids is 1. The van der Waals surface area contributed by atoms with Gasteiger partial charge >= 0.3 is 5.97 Å². The lowest BCUT2D eigenvalue weighted by Gasteiger charge is -2.34. The van der Waals surface area contributed by atoms with Crippen molar-refractivity contribution in [1.82, 2.24) is 4.90 Å². The van der Waals surface area contributed by atoms with E-state index in [1.54, 1.807) is 18.2 Å². The summed E-state index contributed by atoms with van der Waals surface area (Å²) in [6, 6.07) is 5.30. The van der Waals surface area contributed by atoms with Crippen molar-refractivity contribution in [2.75, 3.05) is 26.9 Å². The molecule has 128 valence electrons. The number of fused-ring (bicyclic) bond motifs is 3. The van der Waals surface area contributed by atoms with Gasteiger partial charge in [0, 0.05) is 18.1 Å². The summed E-state index contributed by atoms with van der Waals surface area (Å²) in [6.45, 7) is 1.58. The van der Waals surface area contributed by atoms with Gasteiger partial charge in [0.25, 0.3) is 5.91 Å². The highest BCUT2D eigenvalue weighted by atomic mass is 79.9. The number of benzene rings is 1. The predicted octanol–water partition coefficient (Wildman–Crippen LogP) is 2.52. The smallest absolute Gasteiger partial charge is 0.332 e. The highest BCUT2D eigenvalue weighted by Gasteiger charge is 2.48. The first kappa shape index (κ1) is 16.8. The Balaban J connectivity index is 2.13. The van der Waals surface area contributed by atoms with E-state index in [1.165, 1.54) is 18.9 Å². The molecule has 3 rings (SSSR count). The van der Waals surface area contributed by atoms with E-state index in [0.29, 0.717) is 11.0 Å². The number of ether oxygens (including phenoxy) is 2. The van der Waals surface area contributed by atoms with Crippen LogP contribution in [0.2, 0.25) is 0 Å². The third-order valence-electron chi connectivity index (χ3n) is 4.12. The van der Waals surface area contributed by atoms with E-state index >= 15 is 0 Å². The van der Waals surface area contributed by atoms with E-state index in [4.69, 9.17) is 13.9 Å². The van der Waals surface area contributed by atoms with E-state index < -0.39 is 17.4 Å². The maximum atomic E-state index is 12.9. The summed E-state index contributed by atoms with van der Waals surface area (Å²) in [7, 11) is 1.49. The lowest BCUT2D eigenvalue weighted by atomic mass is 10.0. The van der Waals surface area contributed by atoms with Gasteiger partial charge in [-0.25, -0.2) is 4.79 Å². The summed E-state index contributed by atoms with van der Waals surface area (Å²) in [6.07, 6.45) is 0. The van der Waals surface area contributed by atoms with E-state index in [1.807, 2.05) is 0 Å². The fourth-order valence-corrected chi connectivity index (χ4v) is 3.02. The molecular weight excluding hydrogens is 382 g/mol. The van der Waals surface area contributed by atoms with Crippen LogP contribution >= 0.6 is 15.9 Å². The number of rotatable bonds is 4. The van der Waals surface area contributed by atoms with Crippen LogP contribution in [0, 0.1) is 0 Å². The molecule has 7 nitrogen and oxygen atoms in total. The Morgan fingerprint density at radius 1 is 1.50 bits per heavy atom. The minimum Gasteiger partial charge on any atom is -0.486 e. The monoisotopic (exact) mass is 397 g/mol. The molecule has 2 aromatic rings. The molecule has 0 saturated carbocycles. The summed E-state index contributed by atoms with van der Waals surface area (Å²) < 4.78 is 17.2. The maximum absolute atomic E-state index is 12.9. The van der Waals surface area contributed by atoms with Crippen molar-refractivity contribution in [2.24, 2.45) is 0 Å². The molecule has 1 atom stereocenters. The molecule has 0 aliphatic carbocycles. The molecule has 2 heterocycles. The number of hydrogen-bond acceptors (Lipinski definition) is 5. The highest BCUT2D eigenvalue weighted by molar-refractivity contribution is 9.10. The van der Waals surface area contributed by atoms with Crippen LogP contribution in [-0.4, -0.2) is 54.3 Å². The van der Waals surface area contributed by atoms with Gasteiger partial charge in [0.2, 0.25) is 5.76 Å². The minimum atomic E-state index is -1.52. The fraction of sp³-hybridized carbons (Fsp3) is 0.375. The standard InChI is InChI=1S/C16H16BrNO6/c1-16(15(20)21)8-23-12-10-4-3-9(17)7-11(10)24-13(12)14(19)18(16)5-6-22-2/h3-4,7H,5-6,8H2,1-2H3,(H,20,21)/t16-/m0/s1. The molecule has 1 aromatic carbocycles. The molecule has 8 heteroatoms. The Labute approximate surface area is 146 Å². The van der Waals surface area contributed by atoms with Crippen LogP contribution in [0.4, 0.5) is 0 Å². The first-order valence-electron chi connectivity index (χ1n) is 7.27. The topological polar surface area (TPSA) is 89.2 Å². The molecule has 0 spiro atoms. The zero-order valence-electron chi connectivity index (χ0n) is 13.2. The number of carboxylic acid groups (broad SMARTS) is 1. The van der Waals surface area contributed by atoms with Crippen molar-refractivity contribution in [3.8, 4) is 5.75 Å². The van der Waals surface area contributed by atoms with Crippen LogP contribution in [0.3, 0.4) is 0 Å². The SMILES string of the molecule is COCCN1C(=O)c2oc3cc(Br)ccc3c2OC[C@@]1(C)C(=O)O. The molecule has 0 bridgehead atoms. The molecule has 24 heavy (non-hydrogen) atoms. The van der Waals surface area contributed by atoms with Crippen LogP contribution in [0.15, 0.2) is 27.1 Å². The lowest BCUT2D eigenvalue weighted by Crippen LogP contribution is -2.58. The van der Waals surface area contributed by atoms with Gasteiger partial charge in [-0.05, 0) is 25.1 Å². The van der Waals surface area contributed by atoms with Crippen molar-refractivity contribution in [3.05, 3.63) is 28.4 Å². The van der Waals surface area contributed by atoms with Gasteiger partial charge in [-0.15, -0.1) is 0 Å². The van der Waals surface area contributed by atoms with Gasteiger partial charge in [0.05, 0.1) is 12.0 Å². The van der Waals surface area contributed by atoms with Crippen LogP contribution in [0.1, 0.15) is 17.5 Å². The largest absolute Gasteiger partial charge is 0.486 e. The van der Waals surface area contributed by atoms with Gasteiger partial charge in [0.15, 0.2) is 11.3 Å². The minimum absolute atomic E-state index is 0.00387. The Morgan fingerprint density at radius 2 is 2.25 bits per heavy atom. The summed E-state index contributed by atoms with van der Waals surface area (Å²) in [5, 5.41) is 10.3. The molecule has 0 fully saturated rings. The summed E-state index contributed by atoms with van der Waals surface area (Å²) >= 11 is 3.35. The second kappa shape index (κ2) is 6.10. The second-order valence-electron chi connectivity index (χ2n) is 5.72. The predicted molar refractivity (Wildman–Crippen MR) is 88.4 cm³/mol. The molecule has 0 unspecified atom stereocenters. The average molecular weight is 398 g/mol. The summed E-state index contributed by atoms with van der Waals surface area (Å²) in [4.78, 5) is 25.9. The first-order chi connectivity index (χ1) is 11.4. The molecule has 0 radical (unpaired) electrons. The van der Waals surface area contributed by atoms with Crippen molar-refractivity contribution in [2.45, 2.75) is 12.5 Å². The molecule has 0 saturated heterocycles. The second-order valence-corrected chi connectivity index (χ2v) is 6.63. The number of methoxy groups -OCH3 is 1. The Morgan fingerprint density at radius 3 is 2.92 bits per heavy atom. The number of carbonyl (C=O) groups excluding carboxylic acids is 1. The first-order valence-corrected chi connectivity index (χ1v) is 8.07. The van der Waals surface area contributed by atoms with Gasteiger partial charge < -0.3 is 23.9 Å². The molecule has 1 aromatic heterocycles. The highest BCUT2D eigenvalue weighted by Crippen LogP contribution is 2.39. The Kier molecular flexibility index (Phi) is 4.27. The van der Waals surface area contributed by atoms with E-state index in [-0.39, 0.29) is 31.3 Å². The summed E-state index contributed by atoms with van der Waals surface area (Å²) in [5.74, 6) is -1.40. The number of aliphatic carboxylic acids is 1. The lowest BCUT2D eigenvalue weighted by molar-refractivity contribution is -0.150. The van der Waals surface area contributed by atoms with E-state index in [2.05, 4.69) is 15.9 Å². The van der Waals surface area contributed by atoms with Crippen molar-refractivity contribution < 1.29 is 28.6 Å². The normalized spacial score (nSPS) is 20.6. The molecule has 1 amide bonds. The van der Waals surface area contributed by atoms with Crippen molar-refractivity contribution >= 4 is 38.8 Å². The van der Waals surface area contributed by atoms with Gasteiger partial charge in [-0.2, -0.15) is 0 Å². The fourth-order valence-electron chi connectivity index (χ4n) is 2.68. The van der Waals surface area contributed by atoms with Crippen LogP contribution < -0.4 is 4.74 Å². The van der Waals surface area contributed by atoms with E-state index in [0.717, 1.165) is 4.47 Å². The third-order valence-corrected chi connectivity index (χ3v) is 4.61.